The van der Waals surface area contributed by atoms with Crippen molar-refractivity contribution in [3.8, 4) is 0 Å². The maximum Gasteiger partial charge on any atom is 0.281 e. The third kappa shape index (κ3) is 8.21. The highest BCUT2D eigenvalue weighted by Gasteiger charge is 2.41. The molecule has 5 heterocycles. The molecule has 3 aromatic heterocycles. The Labute approximate surface area is 279 Å². The van der Waals surface area contributed by atoms with E-state index >= 15 is 0 Å². The standard InChI is InChI=1S/C35H49N7O4S/c1-34(2,3)29-17-16-28-32(38-29)42-23-24(21-35(42,4)5)12-13-26(20-25-14-15-27(22-36-25)41(6)18-9-19-46-7)37-30-10-8-11-31(39-30)47(44,45)40-33(28)43/h8,10-11,14-17,22,24,26H,9,12-13,18-21,23H2,1-7H3,(H,37,39)(H,40,43)/t24-,26?/m0/s1. The van der Waals surface area contributed by atoms with Gasteiger partial charge in [0.05, 0.1) is 17.4 Å². The molecule has 2 atom stereocenters. The van der Waals surface area contributed by atoms with Gasteiger partial charge in [0.15, 0.2) is 5.03 Å². The molecule has 2 aliphatic heterocycles. The van der Waals surface area contributed by atoms with E-state index < -0.39 is 15.9 Å². The molecule has 1 fully saturated rings. The number of fused-ring (bicyclic) bond motifs is 6. The third-order valence-electron chi connectivity index (χ3n) is 9.15. The molecule has 2 aliphatic rings. The zero-order chi connectivity index (χ0) is 34.0. The molecule has 11 nitrogen and oxygen atoms in total. The van der Waals surface area contributed by atoms with Crippen molar-refractivity contribution in [1.29, 1.82) is 0 Å². The molecule has 0 saturated carbocycles. The van der Waals surface area contributed by atoms with Gasteiger partial charge in [-0.2, -0.15) is 8.42 Å². The van der Waals surface area contributed by atoms with Gasteiger partial charge < -0.3 is 19.9 Å². The molecular formula is C35H49N7O4S. The fourth-order valence-electron chi connectivity index (χ4n) is 6.54. The van der Waals surface area contributed by atoms with Gasteiger partial charge in [-0.3, -0.25) is 9.78 Å². The molecule has 12 heteroatoms. The molecular weight excluding hydrogens is 614 g/mol. The number of carbonyl (C=O) groups is 1. The first-order chi connectivity index (χ1) is 22.2. The van der Waals surface area contributed by atoms with Crippen LogP contribution >= 0.6 is 0 Å². The molecule has 2 N–H and O–H groups in total. The summed E-state index contributed by atoms with van der Waals surface area (Å²) in [5.74, 6) is 0.564. The fourth-order valence-corrected chi connectivity index (χ4v) is 7.47. The van der Waals surface area contributed by atoms with E-state index in [2.05, 4.69) is 71.6 Å². The zero-order valence-electron chi connectivity index (χ0n) is 28.7. The lowest BCUT2D eigenvalue weighted by Gasteiger charge is -2.34. The monoisotopic (exact) mass is 663 g/mol. The second-order valence-electron chi connectivity index (χ2n) is 14.5. The second-order valence-corrected chi connectivity index (χ2v) is 16.1. The third-order valence-corrected chi connectivity index (χ3v) is 10.4. The van der Waals surface area contributed by atoms with E-state index in [0.717, 1.165) is 49.3 Å². The first kappa shape index (κ1) is 34.6. The Bertz CT molecular complexity index is 1670. The van der Waals surface area contributed by atoms with Crippen molar-refractivity contribution >= 4 is 33.3 Å². The second kappa shape index (κ2) is 13.8. The number of aromatic nitrogens is 3. The number of ether oxygens (including phenoxy) is 1. The first-order valence-corrected chi connectivity index (χ1v) is 17.9. The van der Waals surface area contributed by atoms with Gasteiger partial charge in [-0.05, 0) is 81.8 Å². The van der Waals surface area contributed by atoms with E-state index in [1.165, 1.54) is 6.07 Å². The Hall–Kier alpha value is -3.77. The molecule has 0 aliphatic carbocycles. The predicted molar refractivity (Wildman–Crippen MR) is 186 cm³/mol. The summed E-state index contributed by atoms with van der Waals surface area (Å²) in [7, 11) is -0.513. The largest absolute Gasteiger partial charge is 0.385 e. The normalized spacial score (nSPS) is 20.7. The van der Waals surface area contributed by atoms with Gasteiger partial charge in [0.2, 0.25) is 0 Å². The average molecular weight is 664 g/mol. The van der Waals surface area contributed by atoms with Crippen LogP contribution in [-0.2, 0) is 26.6 Å². The Morgan fingerprint density at radius 3 is 2.57 bits per heavy atom. The Morgan fingerprint density at radius 2 is 1.87 bits per heavy atom. The lowest BCUT2D eigenvalue weighted by Crippen LogP contribution is -2.41. The summed E-state index contributed by atoms with van der Waals surface area (Å²) in [5.41, 5.74) is 2.50. The highest BCUT2D eigenvalue weighted by molar-refractivity contribution is 7.90. The summed E-state index contributed by atoms with van der Waals surface area (Å²) in [4.78, 5) is 32.3. The first-order valence-electron chi connectivity index (χ1n) is 16.4. The number of rotatable bonds is 7. The molecule has 3 aromatic rings. The maximum atomic E-state index is 13.7. The SMILES string of the molecule is COCCCN(C)c1ccc(CC2CC[C@@H]3CN(c4nc(C(C)(C)C)ccc4C(=O)NS(=O)(=O)c4cccc(n4)N2)C(C)(C)C3)nc1. The Balaban J connectivity index is 1.47. The smallest absolute Gasteiger partial charge is 0.281 e. The van der Waals surface area contributed by atoms with Crippen LogP contribution in [0.2, 0.25) is 0 Å². The van der Waals surface area contributed by atoms with Crippen molar-refractivity contribution in [2.75, 3.05) is 49.0 Å². The molecule has 1 amide bonds. The van der Waals surface area contributed by atoms with Gasteiger partial charge in [0.1, 0.15) is 11.6 Å². The van der Waals surface area contributed by atoms with Crippen LogP contribution in [0.3, 0.4) is 0 Å². The van der Waals surface area contributed by atoms with Crippen molar-refractivity contribution in [1.82, 2.24) is 19.7 Å². The zero-order valence-corrected chi connectivity index (χ0v) is 29.5. The molecule has 1 unspecified atom stereocenters. The summed E-state index contributed by atoms with van der Waals surface area (Å²) in [6.07, 6.45) is 6.14. The molecule has 0 radical (unpaired) electrons. The number of carbonyl (C=O) groups excluding carboxylic acids is 1. The van der Waals surface area contributed by atoms with Gasteiger partial charge in [-0.25, -0.2) is 14.7 Å². The van der Waals surface area contributed by atoms with Gasteiger partial charge in [0.25, 0.3) is 15.9 Å². The predicted octanol–water partition coefficient (Wildman–Crippen LogP) is 5.18. The number of amides is 1. The summed E-state index contributed by atoms with van der Waals surface area (Å²) >= 11 is 0. The van der Waals surface area contributed by atoms with Gasteiger partial charge in [-0.1, -0.05) is 26.8 Å². The van der Waals surface area contributed by atoms with E-state index in [0.29, 0.717) is 37.1 Å². The van der Waals surface area contributed by atoms with Crippen LogP contribution in [-0.4, -0.2) is 74.7 Å². The number of hydrogen-bond donors (Lipinski definition) is 2. The van der Waals surface area contributed by atoms with Crippen molar-refractivity contribution in [3.05, 3.63) is 65.6 Å². The van der Waals surface area contributed by atoms with Crippen LogP contribution in [0.15, 0.2) is 53.7 Å². The summed E-state index contributed by atoms with van der Waals surface area (Å²) in [6, 6.07) is 12.4. The highest BCUT2D eigenvalue weighted by Crippen LogP contribution is 2.40. The number of anilines is 3. The number of nitrogens with zero attached hydrogens (tertiary/aromatic N) is 5. The fraction of sp³-hybridized carbons (Fsp3) is 0.543. The van der Waals surface area contributed by atoms with E-state index in [-0.39, 0.29) is 27.6 Å². The quantitative estimate of drug-likeness (QED) is 0.326. The minimum Gasteiger partial charge on any atom is -0.385 e. The minimum absolute atomic E-state index is 0.0481. The van der Waals surface area contributed by atoms with Crippen molar-refractivity contribution in [3.63, 3.8) is 0 Å². The van der Waals surface area contributed by atoms with Crippen molar-refractivity contribution in [2.24, 2.45) is 5.92 Å². The molecule has 47 heavy (non-hydrogen) atoms. The minimum atomic E-state index is -4.27. The lowest BCUT2D eigenvalue weighted by atomic mass is 9.90. The average Bonchev–Trinajstić information content (AvgIpc) is 3.32. The van der Waals surface area contributed by atoms with Gasteiger partial charge in [-0.15, -0.1) is 0 Å². The van der Waals surface area contributed by atoms with Crippen LogP contribution in [0.5, 0.6) is 0 Å². The van der Waals surface area contributed by atoms with E-state index in [1.807, 2.05) is 19.3 Å². The van der Waals surface area contributed by atoms with Crippen LogP contribution in [0.1, 0.15) is 82.0 Å². The Morgan fingerprint density at radius 1 is 1.09 bits per heavy atom. The maximum absolute atomic E-state index is 13.7. The summed E-state index contributed by atoms with van der Waals surface area (Å²) in [6.45, 7) is 12.9. The summed E-state index contributed by atoms with van der Waals surface area (Å²) < 4.78 is 34.5. The number of nitrogens with one attached hydrogen (secondary N) is 2. The van der Waals surface area contributed by atoms with Crippen LogP contribution in [0, 0.1) is 5.92 Å². The molecule has 0 aromatic carbocycles. The molecule has 1 saturated heterocycles. The lowest BCUT2D eigenvalue weighted by molar-refractivity contribution is 0.0981. The van der Waals surface area contributed by atoms with Crippen molar-refractivity contribution in [2.45, 2.75) is 88.7 Å². The van der Waals surface area contributed by atoms with Crippen molar-refractivity contribution < 1.29 is 17.9 Å². The number of sulfonamides is 1. The van der Waals surface area contributed by atoms with Gasteiger partial charge >= 0.3 is 0 Å². The van der Waals surface area contributed by atoms with Gasteiger partial charge in [0, 0.05) is 68.7 Å². The molecule has 254 valence electrons. The van der Waals surface area contributed by atoms with E-state index in [1.54, 1.807) is 25.3 Å². The Kier molecular flexibility index (Phi) is 10.1. The highest BCUT2D eigenvalue weighted by atomic mass is 32.2. The van der Waals surface area contributed by atoms with Crippen LogP contribution < -0.4 is 19.8 Å². The number of hydrogen-bond acceptors (Lipinski definition) is 10. The van der Waals surface area contributed by atoms with E-state index in [9.17, 15) is 13.2 Å². The van der Waals surface area contributed by atoms with Crippen LogP contribution in [0.4, 0.5) is 17.3 Å². The van der Waals surface area contributed by atoms with Crippen LogP contribution in [0.25, 0.3) is 0 Å². The number of pyridine rings is 3. The van der Waals surface area contributed by atoms with E-state index in [4.69, 9.17) is 14.7 Å². The summed E-state index contributed by atoms with van der Waals surface area (Å²) in [5, 5.41) is 3.27. The topological polar surface area (TPSA) is 130 Å². The number of methoxy groups -OCH3 is 1. The molecule has 0 spiro atoms. The molecule has 4 bridgehead atoms. The molecule has 5 rings (SSSR count).